The molecule has 6 nitrogen and oxygen atoms in total. The van der Waals surface area contributed by atoms with Gasteiger partial charge in [-0.1, -0.05) is 17.8 Å². The number of amides is 1. The third kappa shape index (κ3) is 5.44. The van der Waals surface area contributed by atoms with Gasteiger partial charge in [0.1, 0.15) is 0 Å². The van der Waals surface area contributed by atoms with Crippen LogP contribution in [-0.2, 0) is 11.0 Å². The summed E-state index contributed by atoms with van der Waals surface area (Å²) >= 11 is 1.32. The van der Waals surface area contributed by atoms with Crippen molar-refractivity contribution in [3.05, 3.63) is 48.2 Å². The molecule has 0 saturated heterocycles. The Balaban J connectivity index is 1.84. The fraction of sp³-hybridized carbons (Fsp3) is 0.350. The first-order valence-electron chi connectivity index (χ1n) is 9.35. The molecule has 3 rings (SSSR count). The van der Waals surface area contributed by atoms with E-state index in [2.05, 4.69) is 15.5 Å². The van der Waals surface area contributed by atoms with Crippen LogP contribution in [0.15, 0.2) is 52.2 Å². The van der Waals surface area contributed by atoms with Gasteiger partial charge in [0.05, 0.1) is 17.5 Å². The van der Waals surface area contributed by atoms with Crippen molar-refractivity contribution in [3.8, 4) is 17.3 Å². The Kier molecular flexibility index (Phi) is 6.86. The van der Waals surface area contributed by atoms with Crippen molar-refractivity contribution in [3.63, 3.8) is 0 Å². The minimum Gasteiger partial charge on any atom is -0.461 e. The van der Waals surface area contributed by atoms with Crippen LogP contribution in [0, 0.1) is 0 Å². The predicted molar refractivity (Wildman–Crippen MR) is 107 cm³/mol. The largest absolute Gasteiger partial charge is 0.461 e. The summed E-state index contributed by atoms with van der Waals surface area (Å²) in [7, 11) is 0. The van der Waals surface area contributed by atoms with Gasteiger partial charge >= 0.3 is 6.18 Å². The highest BCUT2D eigenvalue weighted by Gasteiger charge is 2.31. The predicted octanol–water partition coefficient (Wildman–Crippen LogP) is 4.94. The van der Waals surface area contributed by atoms with E-state index in [1.807, 2.05) is 13.8 Å². The zero-order chi connectivity index (χ0) is 21.7. The normalized spacial score (nSPS) is 11.8. The van der Waals surface area contributed by atoms with Gasteiger partial charge < -0.3 is 9.73 Å². The van der Waals surface area contributed by atoms with Gasteiger partial charge in [-0.2, -0.15) is 13.2 Å². The second-order valence-corrected chi connectivity index (χ2v) is 7.90. The number of thioether (sulfide) groups is 1. The lowest BCUT2D eigenvalue weighted by Gasteiger charge is -2.12. The van der Waals surface area contributed by atoms with Crippen LogP contribution in [-0.4, -0.2) is 32.5 Å². The first kappa shape index (κ1) is 21.9. The summed E-state index contributed by atoms with van der Waals surface area (Å²) in [6, 6.07) is 8.38. The van der Waals surface area contributed by atoms with Crippen LogP contribution in [0.5, 0.6) is 0 Å². The van der Waals surface area contributed by atoms with Crippen molar-refractivity contribution in [2.45, 2.75) is 44.1 Å². The van der Waals surface area contributed by atoms with E-state index in [1.54, 1.807) is 18.2 Å². The van der Waals surface area contributed by atoms with Crippen LogP contribution in [0.3, 0.4) is 0 Å². The number of rotatable bonds is 8. The van der Waals surface area contributed by atoms with Crippen molar-refractivity contribution in [2.75, 3.05) is 5.75 Å². The molecule has 2 aromatic heterocycles. The summed E-state index contributed by atoms with van der Waals surface area (Å²) in [4.78, 5) is 11.8. The molecule has 0 aliphatic rings. The Morgan fingerprint density at radius 3 is 2.70 bits per heavy atom. The number of nitrogens with one attached hydrogen (secondary N) is 1. The molecule has 0 radical (unpaired) electrons. The number of halogens is 3. The third-order valence-corrected chi connectivity index (χ3v) is 5.05. The minimum atomic E-state index is -4.47. The molecular formula is C20H21F3N4O2S. The number of carbonyl (C=O) groups excluding carboxylic acids is 1. The Bertz CT molecular complexity index is 984. The number of benzene rings is 1. The molecule has 0 fully saturated rings. The number of alkyl halides is 3. The molecule has 3 aromatic rings. The Labute approximate surface area is 175 Å². The van der Waals surface area contributed by atoms with Crippen molar-refractivity contribution in [2.24, 2.45) is 0 Å². The highest BCUT2D eigenvalue weighted by molar-refractivity contribution is 7.99. The molecule has 30 heavy (non-hydrogen) atoms. The van der Waals surface area contributed by atoms with Gasteiger partial charge in [-0.3, -0.25) is 9.36 Å². The van der Waals surface area contributed by atoms with Crippen molar-refractivity contribution in [1.29, 1.82) is 0 Å². The van der Waals surface area contributed by atoms with E-state index < -0.39 is 11.7 Å². The lowest BCUT2D eigenvalue weighted by Crippen LogP contribution is -2.29. The summed E-state index contributed by atoms with van der Waals surface area (Å²) in [5.41, 5.74) is -0.485. The average molecular weight is 438 g/mol. The molecule has 2 heterocycles. The Morgan fingerprint density at radius 1 is 1.23 bits per heavy atom. The van der Waals surface area contributed by atoms with E-state index in [1.165, 1.54) is 28.7 Å². The highest BCUT2D eigenvalue weighted by Crippen LogP contribution is 2.33. The van der Waals surface area contributed by atoms with E-state index in [9.17, 15) is 18.0 Å². The van der Waals surface area contributed by atoms with E-state index in [4.69, 9.17) is 4.42 Å². The summed E-state index contributed by atoms with van der Waals surface area (Å²) in [6.07, 6.45) is -2.06. The molecule has 0 spiro atoms. The molecule has 0 unspecified atom stereocenters. The number of aromatic nitrogens is 3. The molecule has 1 aromatic carbocycles. The maximum atomic E-state index is 13.2. The summed E-state index contributed by atoms with van der Waals surface area (Å²) < 4.78 is 46.5. The number of hydrogen-bond donors (Lipinski definition) is 1. The van der Waals surface area contributed by atoms with Gasteiger partial charge in [0.15, 0.2) is 10.9 Å². The summed E-state index contributed by atoms with van der Waals surface area (Å²) in [5, 5.41) is 11.5. The molecule has 0 aliphatic heterocycles. The van der Waals surface area contributed by atoms with Gasteiger partial charge in [0.2, 0.25) is 11.7 Å². The molecule has 1 N–H and O–H groups in total. The zero-order valence-electron chi connectivity index (χ0n) is 16.4. The second-order valence-electron chi connectivity index (χ2n) is 6.84. The molecular weight excluding hydrogens is 417 g/mol. The SMILES string of the molecule is CC(C)NC(=O)CCCSc1nnc(-c2ccco2)n1-c1cccc(C(F)(F)F)c1. The average Bonchev–Trinajstić information content (AvgIpc) is 3.33. The minimum absolute atomic E-state index is 0.0405. The first-order chi connectivity index (χ1) is 14.3. The van der Waals surface area contributed by atoms with Crippen LogP contribution in [0.4, 0.5) is 13.2 Å². The van der Waals surface area contributed by atoms with Gasteiger partial charge in [-0.05, 0) is 50.6 Å². The van der Waals surface area contributed by atoms with E-state index in [0.29, 0.717) is 35.3 Å². The molecule has 0 bridgehead atoms. The summed E-state index contributed by atoms with van der Waals surface area (Å²) in [6.45, 7) is 3.78. The number of carbonyl (C=O) groups is 1. The van der Waals surface area contributed by atoms with E-state index in [0.717, 1.165) is 12.1 Å². The lowest BCUT2D eigenvalue weighted by atomic mass is 10.2. The van der Waals surface area contributed by atoms with Crippen molar-refractivity contribution >= 4 is 17.7 Å². The van der Waals surface area contributed by atoms with Crippen LogP contribution in [0.1, 0.15) is 32.3 Å². The maximum absolute atomic E-state index is 13.2. The second kappa shape index (κ2) is 9.38. The Morgan fingerprint density at radius 2 is 2.03 bits per heavy atom. The number of nitrogens with zero attached hydrogens (tertiary/aromatic N) is 3. The van der Waals surface area contributed by atoms with Crippen LogP contribution >= 0.6 is 11.8 Å². The first-order valence-corrected chi connectivity index (χ1v) is 10.3. The van der Waals surface area contributed by atoms with Gasteiger partial charge in [-0.15, -0.1) is 10.2 Å². The van der Waals surface area contributed by atoms with Gasteiger partial charge in [0.25, 0.3) is 0 Å². The van der Waals surface area contributed by atoms with Crippen LogP contribution in [0.2, 0.25) is 0 Å². The summed E-state index contributed by atoms with van der Waals surface area (Å²) in [5.74, 6) is 1.21. The smallest absolute Gasteiger partial charge is 0.416 e. The quantitative estimate of drug-likeness (QED) is 0.398. The molecule has 10 heteroatoms. The topological polar surface area (TPSA) is 73.0 Å². The van der Waals surface area contributed by atoms with Gasteiger partial charge in [-0.25, -0.2) is 0 Å². The van der Waals surface area contributed by atoms with Crippen LogP contribution < -0.4 is 5.32 Å². The Hall–Kier alpha value is -2.75. The van der Waals surface area contributed by atoms with Crippen molar-refractivity contribution in [1.82, 2.24) is 20.1 Å². The molecule has 0 atom stereocenters. The van der Waals surface area contributed by atoms with Crippen molar-refractivity contribution < 1.29 is 22.4 Å². The third-order valence-electron chi connectivity index (χ3n) is 4.04. The molecule has 0 aliphatic carbocycles. The molecule has 0 saturated carbocycles. The lowest BCUT2D eigenvalue weighted by molar-refractivity contribution is -0.137. The molecule has 1 amide bonds. The van der Waals surface area contributed by atoms with Crippen LogP contribution in [0.25, 0.3) is 17.3 Å². The fourth-order valence-corrected chi connectivity index (χ4v) is 3.66. The molecule has 160 valence electrons. The fourth-order valence-electron chi connectivity index (χ4n) is 2.77. The van der Waals surface area contributed by atoms with Gasteiger partial charge in [0, 0.05) is 18.2 Å². The monoisotopic (exact) mass is 438 g/mol. The highest BCUT2D eigenvalue weighted by atomic mass is 32.2. The standard InChI is InChI=1S/C20H21F3N4O2S/c1-13(2)24-17(28)9-5-11-30-19-26-25-18(16-8-4-10-29-16)27(19)15-7-3-6-14(12-15)20(21,22)23/h3-4,6-8,10,12-13H,5,9,11H2,1-2H3,(H,24,28). The van der Waals surface area contributed by atoms with E-state index >= 15 is 0 Å². The van der Waals surface area contributed by atoms with E-state index in [-0.39, 0.29) is 17.6 Å². The maximum Gasteiger partial charge on any atom is 0.416 e. The number of furan rings is 1. The zero-order valence-corrected chi connectivity index (χ0v) is 17.3. The number of hydrogen-bond acceptors (Lipinski definition) is 5.